The van der Waals surface area contributed by atoms with E-state index in [9.17, 15) is 9.50 Å². The van der Waals surface area contributed by atoms with Crippen molar-refractivity contribution >= 4 is 11.6 Å². The van der Waals surface area contributed by atoms with Gasteiger partial charge in [-0.25, -0.2) is 4.39 Å². The van der Waals surface area contributed by atoms with E-state index in [1.54, 1.807) is 12.1 Å². The van der Waals surface area contributed by atoms with Gasteiger partial charge in [0, 0.05) is 16.9 Å². The zero-order valence-corrected chi connectivity index (χ0v) is 12.4. The van der Waals surface area contributed by atoms with Crippen LogP contribution in [0, 0.1) is 5.82 Å². The first-order valence-corrected chi connectivity index (χ1v) is 6.96. The maximum Gasteiger partial charge on any atom is 0.123 e. The summed E-state index contributed by atoms with van der Waals surface area (Å²) in [4.78, 5) is 0. The van der Waals surface area contributed by atoms with Crippen molar-refractivity contribution in [2.75, 3.05) is 0 Å². The van der Waals surface area contributed by atoms with Crippen LogP contribution in [-0.4, -0.2) is 11.2 Å². The van der Waals surface area contributed by atoms with Crippen molar-refractivity contribution in [3.8, 4) is 0 Å². The van der Waals surface area contributed by atoms with Crippen LogP contribution in [0.4, 0.5) is 4.39 Å². The van der Waals surface area contributed by atoms with E-state index in [2.05, 4.69) is 0 Å². The molecule has 0 spiro atoms. The van der Waals surface area contributed by atoms with Crippen LogP contribution in [0.5, 0.6) is 0 Å². The van der Waals surface area contributed by atoms with Gasteiger partial charge in [-0.2, -0.15) is 0 Å². The third-order valence-electron chi connectivity index (χ3n) is 3.79. The van der Waals surface area contributed by atoms with E-state index in [-0.39, 0.29) is 5.82 Å². The van der Waals surface area contributed by atoms with Gasteiger partial charge < -0.3 is 5.11 Å². The summed E-state index contributed by atoms with van der Waals surface area (Å²) >= 11 is 6.12. The number of hydrogen-bond donors (Lipinski definition) is 1. The molecule has 2 aromatic rings. The second kappa shape index (κ2) is 5.94. The monoisotopic (exact) mass is 292 g/mol. The molecule has 0 radical (unpaired) electrons. The lowest BCUT2D eigenvalue weighted by atomic mass is 9.77. The maximum atomic E-state index is 13.0. The van der Waals surface area contributed by atoms with E-state index in [1.807, 2.05) is 38.1 Å². The molecule has 2 rings (SSSR count). The molecule has 0 heterocycles. The average molecular weight is 293 g/mol. The lowest BCUT2D eigenvalue weighted by Crippen LogP contribution is -2.35. The van der Waals surface area contributed by atoms with Crippen molar-refractivity contribution in [1.82, 2.24) is 0 Å². The van der Waals surface area contributed by atoms with E-state index in [0.717, 1.165) is 11.1 Å². The summed E-state index contributed by atoms with van der Waals surface area (Å²) in [6.07, 6.45) is -0.141. The molecule has 0 aliphatic carbocycles. The van der Waals surface area contributed by atoms with Crippen LogP contribution in [0.15, 0.2) is 48.5 Å². The van der Waals surface area contributed by atoms with Gasteiger partial charge >= 0.3 is 0 Å². The highest BCUT2D eigenvalue weighted by atomic mass is 35.5. The predicted molar refractivity (Wildman–Crippen MR) is 80.6 cm³/mol. The second-order valence-corrected chi connectivity index (χ2v) is 5.95. The van der Waals surface area contributed by atoms with Gasteiger partial charge in [-0.05, 0) is 29.3 Å². The van der Waals surface area contributed by atoms with E-state index in [4.69, 9.17) is 11.6 Å². The fourth-order valence-electron chi connectivity index (χ4n) is 2.20. The van der Waals surface area contributed by atoms with E-state index < -0.39 is 11.5 Å². The van der Waals surface area contributed by atoms with Gasteiger partial charge in [0.05, 0.1) is 6.10 Å². The van der Waals surface area contributed by atoms with Crippen LogP contribution in [0.2, 0.25) is 5.02 Å². The predicted octanol–water partition coefficient (Wildman–Crippen LogP) is 4.36. The fraction of sp³-hybridized carbons (Fsp3) is 0.294. The highest BCUT2D eigenvalue weighted by molar-refractivity contribution is 6.31. The Balaban J connectivity index is 2.21. The molecular formula is C17H18ClFO. The lowest BCUT2D eigenvalue weighted by Gasteiger charge is -2.31. The van der Waals surface area contributed by atoms with Gasteiger partial charge in [0.1, 0.15) is 5.82 Å². The molecule has 0 saturated carbocycles. The van der Waals surface area contributed by atoms with Gasteiger partial charge in [-0.1, -0.05) is 55.8 Å². The van der Waals surface area contributed by atoms with E-state index >= 15 is 0 Å². The largest absolute Gasteiger partial charge is 0.392 e. The molecule has 0 fully saturated rings. The van der Waals surface area contributed by atoms with Crippen LogP contribution in [0.25, 0.3) is 0 Å². The zero-order valence-electron chi connectivity index (χ0n) is 11.6. The number of halogens is 2. The summed E-state index contributed by atoms with van der Waals surface area (Å²) in [5.74, 6) is -0.273. The number of benzene rings is 2. The molecule has 0 bridgehead atoms. The Morgan fingerprint density at radius 1 is 1.10 bits per heavy atom. The molecule has 0 aliphatic rings. The first-order chi connectivity index (χ1) is 9.41. The molecule has 3 heteroatoms. The molecular weight excluding hydrogens is 275 g/mol. The molecule has 1 nitrogen and oxygen atoms in total. The maximum absolute atomic E-state index is 13.0. The fourth-order valence-corrected chi connectivity index (χ4v) is 2.41. The van der Waals surface area contributed by atoms with Crippen molar-refractivity contribution in [3.05, 3.63) is 70.5 Å². The SMILES string of the molecule is CC(C)(c1ccc(F)cc1)C(O)Cc1ccccc1Cl. The standard InChI is InChI=1S/C17H18ClFO/c1-17(2,13-7-9-14(19)10-8-13)16(20)11-12-5-3-4-6-15(12)18/h3-10,16,20H,11H2,1-2H3. The van der Waals surface area contributed by atoms with Crippen molar-refractivity contribution in [1.29, 1.82) is 0 Å². The van der Waals surface area contributed by atoms with Gasteiger partial charge in [0.15, 0.2) is 0 Å². The summed E-state index contributed by atoms with van der Waals surface area (Å²) in [6, 6.07) is 13.7. The molecule has 1 N–H and O–H groups in total. The zero-order chi connectivity index (χ0) is 14.8. The van der Waals surface area contributed by atoms with Crippen LogP contribution >= 0.6 is 11.6 Å². The third-order valence-corrected chi connectivity index (χ3v) is 4.16. The quantitative estimate of drug-likeness (QED) is 0.888. The highest BCUT2D eigenvalue weighted by Crippen LogP contribution is 2.30. The van der Waals surface area contributed by atoms with Gasteiger partial charge in [0.25, 0.3) is 0 Å². The first kappa shape index (κ1) is 15.0. The number of hydrogen-bond acceptors (Lipinski definition) is 1. The van der Waals surface area contributed by atoms with Crippen molar-refractivity contribution < 1.29 is 9.50 Å². The summed E-state index contributed by atoms with van der Waals surface area (Å²) in [5.41, 5.74) is 1.34. The Morgan fingerprint density at radius 2 is 1.70 bits per heavy atom. The topological polar surface area (TPSA) is 20.2 Å². The Bertz CT molecular complexity index is 578. The van der Waals surface area contributed by atoms with Crippen LogP contribution < -0.4 is 0 Å². The minimum Gasteiger partial charge on any atom is -0.392 e. The van der Waals surface area contributed by atoms with Gasteiger partial charge in [0.2, 0.25) is 0 Å². The van der Waals surface area contributed by atoms with E-state index in [1.165, 1.54) is 12.1 Å². The lowest BCUT2D eigenvalue weighted by molar-refractivity contribution is 0.1000. The van der Waals surface area contributed by atoms with Crippen molar-refractivity contribution in [2.45, 2.75) is 31.8 Å². The van der Waals surface area contributed by atoms with Crippen LogP contribution in [0.3, 0.4) is 0 Å². The minimum atomic E-state index is -0.604. The number of aliphatic hydroxyl groups excluding tert-OH is 1. The first-order valence-electron chi connectivity index (χ1n) is 6.59. The Labute approximate surface area is 124 Å². The highest BCUT2D eigenvalue weighted by Gasteiger charge is 2.30. The van der Waals surface area contributed by atoms with Crippen LogP contribution in [0.1, 0.15) is 25.0 Å². The Morgan fingerprint density at radius 3 is 2.30 bits per heavy atom. The number of aliphatic hydroxyl groups is 1. The molecule has 2 aromatic carbocycles. The molecule has 106 valence electrons. The molecule has 0 aromatic heterocycles. The average Bonchev–Trinajstić information content (AvgIpc) is 2.41. The minimum absolute atomic E-state index is 0.273. The summed E-state index contributed by atoms with van der Waals surface area (Å²) < 4.78 is 13.0. The van der Waals surface area contributed by atoms with Crippen LogP contribution in [-0.2, 0) is 11.8 Å². The molecule has 1 unspecified atom stereocenters. The van der Waals surface area contributed by atoms with E-state index in [0.29, 0.717) is 11.4 Å². The molecule has 0 saturated heterocycles. The Kier molecular flexibility index (Phi) is 4.46. The summed E-state index contributed by atoms with van der Waals surface area (Å²) in [6.45, 7) is 3.89. The number of rotatable bonds is 4. The third kappa shape index (κ3) is 3.20. The summed E-state index contributed by atoms with van der Waals surface area (Å²) in [7, 11) is 0. The molecule has 0 aliphatic heterocycles. The molecule has 0 amide bonds. The summed E-state index contributed by atoms with van der Waals surface area (Å²) in [5, 5.41) is 11.2. The molecule has 1 atom stereocenters. The van der Waals surface area contributed by atoms with Gasteiger partial charge in [-0.15, -0.1) is 0 Å². The second-order valence-electron chi connectivity index (χ2n) is 5.54. The molecule has 20 heavy (non-hydrogen) atoms. The normalized spacial score (nSPS) is 13.2. The van der Waals surface area contributed by atoms with Gasteiger partial charge in [-0.3, -0.25) is 0 Å². The smallest absolute Gasteiger partial charge is 0.123 e. The van der Waals surface area contributed by atoms with Crippen molar-refractivity contribution in [3.63, 3.8) is 0 Å². The Hall–Kier alpha value is -1.38. The van der Waals surface area contributed by atoms with Crippen molar-refractivity contribution in [2.24, 2.45) is 0 Å².